The van der Waals surface area contributed by atoms with Crippen LogP contribution in [0.25, 0.3) is 0 Å². The summed E-state index contributed by atoms with van der Waals surface area (Å²) < 4.78 is 0. The topological polar surface area (TPSA) is 46.3 Å². The first-order chi connectivity index (χ1) is 8.50. The number of likely N-dealkylation sites (tertiary alicyclic amines) is 1. The number of carbonyl (C=O) groups is 1. The first-order valence-corrected chi connectivity index (χ1v) is 6.62. The summed E-state index contributed by atoms with van der Waals surface area (Å²) in [5.74, 6) is 0.516. The van der Waals surface area contributed by atoms with Crippen molar-refractivity contribution in [3.63, 3.8) is 0 Å². The molecule has 0 bridgehead atoms. The molecule has 1 saturated heterocycles. The van der Waals surface area contributed by atoms with Crippen LogP contribution in [0.15, 0.2) is 24.3 Å². The van der Waals surface area contributed by atoms with Gasteiger partial charge in [0.05, 0.1) is 6.04 Å². The Kier molecular flexibility index (Phi) is 3.71. The van der Waals surface area contributed by atoms with Gasteiger partial charge in [-0.3, -0.25) is 4.79 Å². The van der Waals surface area contributed by atoms with Crippen LogP contribution < -0.4 is 5.73 Å². The fraction of sp³-hybridized carbons (Fsp3) is 0.533. The first kappa shape index (κ1) is 13.1. The highest BCUT2D eigenvalue weighted by atomic mass is 16.2. The largest absolute Gasteiger partial charge is 0.338 e. The predicted molar refractivity (Wildman–Crippen MR) is 73.4 cm³/mol. The van der Waals surface area contributed by atoms with E-state index in [1.54, 1.807) is 6.92 Å². The van der Waals surface area contributed by atoms with Crippen LogP contribution in [0.3, 0.4) is 0 Å². The SMILES string of the molecule is Cc1ccccc1[C@H]1C[C@H](C)N(C(=O)[C@@H](C)N)C1. The van der Waals surface area contributed by atoms with E-state index in [2.05, 4.69) is 38.1 Å². The highest BCUT2D eigenvalue weighted by Gasteiger charge is 2.34. The van der Waals surface area contributed by atoms with Crippen molar-refractivity contribution >= 4 is 5.91 Å². The van der Waals surface area contributed by atoms with Crippen LogP contribution >= 0.6 is 0 Å². The maximum absolute atomic E-state index is 12.0. The minimum Gasteiger partial charge on any atom is -0.338 e. The Morgan fingerprint density at radius 3 is 2.72 bits per heavy atom. The van der Waals surface area contributed by atoms with Crippen LogP contribution in [0, 0.1) is 6.92 Å². The summed E-state index contributed by atoms with van der Waals surface area (Å²) in [6, 6.07) is 8.32. The molecule has 0 aromatic heterocycles. The van der Waals surface area contributed by atoms with Gasteiger partial charge in [0.2, 0.25) is 5.91 Å². The summed E-state index contributed by atoms with van der Waals surface area (Å²) in [6.07, 6.45) is 1.03. The number of aryl methyl sites for hydroxylation is 1. The van der Waals surface area contributed by atoms with Crippen molar-refractivity contribution in [1.29, 1.82) is 0 Å². The molecule has 1 aromatic carbocycles. The molecular formula is C15H22N2O. The Bertz CT molecular complexity index is 442. The minimum absolute atomic E-state index is 0.0681. The van der Waals surface area contributed by atoms with Gasteiger partial charge in [0.15, 0.2) is 0 Å². The molecule has 3 atom stereocenters. The molecule has 2 rings (SSSR count). The quantitative estimate of drug-likeness (QED) is 0.868. The summed E-state index contributed by atoms with van der Waals surface area (Å²) >= 11 is 0. The van der Waals surface area contributed by atoms with Crippen LogP contribution in [0.2, 0.25) is 0 Å². The number of nitrogens with two attached hydrogens (primary N) is 1. The average Bonchev–Trinajstić information content (AvgIpc) is 2.70. The van der Waals surface area contributed by atoms with E-state index in [0.29, 0.717) is 5.92 Å². The lowest BCUT2D eigenvalue weighted by Gasteiger charge is -2.23. The van der Waals surface area contributed by atoms with E-state index < -0.39 is 6.04 Å². The Morgan fingerprint density at radius 2 is 2.11 bits per heavy atom. The number of hydrogen-bond donors (Lipinski definition) is 1. The van der Waals surface area contributed by atoms with Gasteiger partial charge >= 0.3 is 0 Å². The molecule has 0 aliphatic carbocycles. The summed E-state index contributed by atoms with van der Waals surface area (Å²) in [7, 11) is 0. The van der Waals surface area contributed by atoms with E-state index in [1.807, 2.05) is 4.90 Å². The Balaban J connectivity index is 2.16. The molecule has 18 heavy (non-hydrogen) atoms. The summed E-state index contributed by atoms with van der Waals surface area (Å²) in [4.78, 5) is 14.0. The van der Waals surface area contributed by atoms with E-state index in [9.17, 15) is 4.79 Å². The van der Waals surface area contributed by atoms with Gasteiger partial charge in [-0.15, -0.1) is 0 Å². The number of hydrogen-bond acceptors (Lipinski definition) is 2. The summed E-state index contributed by atoms with van der Waals surface area (Å²) in [5.41, 5.74) is 8.38. The van der Waals surface area contributed by atoms with Gasteiger partial charge in [0.25, 0.3) is 0 Å². The smallest absolute Gasteiger partial charge is 0.239 e. The van der Waals surface area contributed by atoms with Crippen molar-refractivity contribution in [2.45, 2.75) is 45.2 Å². The number of benzene rings is 1. The number of carbonyl (C=O) groups excluding carboxylic acids is 1. The lowest BCUT2D eigenvalue weighted by molar-refractivity contribution is -0.132. The molecule has 1 fully saturated rings. The second kappa shape index (κ2) is 5.11. The molecule has 0 spiro atoms. The van der Waals surface area contributed by atoms with Crippen LogP contribution in [0.4, 0.5) is 0 Å². The van der Waals surface area contributed by atoms with Gasteiger partial charge in [0, 0.05) is 18.5 Å². The average molecular weight is 246 g/mol. The second-order valence-electron chi connectivity index (χ2n) is 5.42. The molecule has 0 unspecified atom stereocenters. The van der Waals surface area contributed by atoms with Crippen molar-refractivity contribution in [3.8, 4) is 0 Å². The Hall–Kier alpha value is -1.35. The third-order valence-electron chi connectivity index (χ3n) is 3.88. The fourth-order valence-corrected chi connectivity index (χ4v) is 2.87. The zero-order valence-corrected chi connectivity index (χ0v) is 11.4. The molecule has 98 valence electrons. The Labute approximate surface area is 109 Å². The third kappa shape index (κ3) is 2.41. The highest BCUT2D eigenvalue weighted by molar-refractivity contribution is 5.81. The van der Waals surface area contributed by atoms with Crippen molar-refractivity contribution in [3.05, 3.63) is 35.4 Å². The number of rotatable bonds is 2. The van der Waals surface area contributed by atoms with Crippen LogP contribution in [0.5, 0.6) is 0 Å². The zero-order chi connectivity index (χ0) is 13.3. The van der Waals surface area contributed by atoms with E-state index in [-0.39, 0.29) is 11.9 Å². The van der Waals surface area contributed by atoms with E-state index in [1.165, 1.54) is 11.1 Å². The highest BCUT2D eigenvalue weighted by Crippen LogP contribution is 2.33. The monoisotopic (exact) mass is 246 g/mol. The molecule has 1 aromatic rings. The molecule has 1 aliphatic heterocycles. The number of amides is 1. The van der Waals surface area contributed by atoms with E-state index in [4.69, 9.17) is 5.73 Å². The molecular weight excluding hydrogens is 224 g/mol. The van der Waals surface area contributed by atoms with Crippen LogP contribution in [-0.2, 0) is 4.79 Å². The zero-order valence-electron chi connectivity index (χ0n) is 11.4. The Morgan fingerprint density at radius 1 is 1.44 bits per heavy atom. The van der Waals surface area contributed by atoms with Crippen LogP contribution in [0.1, 0.15) is 37.3 Å². The third-order valence-corrected chi connectivity index (χ3v) is 3.88. The van der Waals surface area contributed by atoms with E-state index in [0.717, 1.165) is 13.0 Å². The van der Waals surface area contributed by atoms with Crippen LogP contribution in [-0.4, -0.2) is 29.4 Å². The summed E-state index contributed by atoms with van der Waals surface area (Å²) in [6.45, 7) is 6.80. The van der Waals surface area contributed by atoms with Crippen molar-refractivity contribution in [2.24, 2.45) is 5.73 Å². The predicted octanol–water partition coefficient (Wildman–Crippen LogP) is 2.05. The summed E-state index contributed by atoms with van der Waals surface area (Å²) in [5, 5.41) is 0. The molecule has 1 heterocycles. The first-order valence-electron chi connectivity index (χ1n) is 6.62. The molecule has 0 saturated carbocycles. The fourth-order valence-electron chi connectivity index (χ4n) is 2.87. The lowest BCUT2D eigenvalue weighted by atomic mass is 9.93. The minimum atomic E-state index is -0.400. The van der Waals surface area contributed by atoms with Gasteiger partial charge in [-0.1, -0.05) is 24.3 Å². The number of nitrogens with zero attached hydrogens (tertiary/aromatic N) is 1. The second-order valence-corrected chi connectivity index (χ2v) is 5.42. The standard InChI is InChI=1S/C15H22N2O/c1-10-6-4-5-7-14(10)13-8-11(2)17(9-13)15(18)12(3)16/h4-7,11-13H,8-9,16H2,1-3H3/t11-,12+,13-/m0/s1. The van der Waals surface area contributed by atoms with Crippen molar-refractivity contribution in [1.82, 2.24) is 4.90 Å². The molecule has 3 nitrogen and oxygen atoms in total. The van der Waals surface area contributed by atoms with Gasteiger partial charge in [-0.05, 0) is 38.3 Å². The molecule has 2 N–H and O–H groups in total. The van der Waals surface area contributed by atoms with Gasteiger partial charge in [0.1, 0.15) is 0 Å². The maximum atomic E-state index is 12.0. The van der Waals surface area contributed by atoms with Crippen molar-refractivity contribution < 1.29 is 4.79 Å². The van der Waals surface area contributed by atoms with Gasteiger partial charge in [-0.2, -0.15) is 0 Å². The lowest BCUT2D eigenvalue weighted by Crippen LogP contribution is -2.43. The van der Waals surface area contributed by atoms with Crippen molar-refractivity contribution in [2.75, 3.05) is 6.54 Å². The van der Waals surface area contributed by atoms with E-state index >= 15 is 0 Å². The maximum Gasteiger partial charge on any atom is 0.239 e. The normalized spacial score (nSPS) is 25.2. The molecule has 1 amide bonds. The van der Waals surface area contributed by atoms with Gasteiger partial charge in [-0.25, -0.2) is 0 Å². The molecule has 3 heteroatoms. The molecule has 0 radical (unpaired) electrons. The van der Waals surface area contributed by atoms with Gasteiger partial charge < -0.3 is 10.6 Å². The molecule has 1 aliphatic rings.